The van der Waals surface area contributed by atoms with E-state index in [1.807, 2.05) is 48.7 Å². The summed E-state index contributed by atoms with van der Waals surface area (Å²) >= 11 is 0. The second-order valence-electron chi connectivity index (χ2n) is 12.8. The van der Waals surface area contributed by atoms with Crippen molar-refractivity contribution in [3.8, 4) is 16.8 Å². The van der Waals surface area contributed by atoms with Gasteiger partial charge in [-0.1, -0.05) is 39.0 Å². The Balaban J connectivity index is 1.35. The molecular weight excluding hydrogens is 566 g/mol. The van der Waals surface area contributed by atoms with Gasteiger partial charge in [0.1, 0.15) is 11.5 Å². The van der Waals surface area contributed by atoms with E-state index in [9.17, 15) is 14.7 Å². The summed E-state index contributed by atoms with van der Waals surface area (Å²) in [6.45, 7) is 9.95. The Bertz CT molecular complexity index is 1980. The highest BCUT2D eigenvalue weighted by Crippen LogP contribution is 2.30. The standard InChI is InChI=1S/C35H39N7O3/c1-35(2,3)25-9-11-28-23(17-25)19-37-42(33(28)44)31-8-6-7-27(29(31)22-43)24-18-30(34(45)40(5)21-24)38-32-12-10-26(20-36-32)41-15-13-39(4)14-16-41/h6-12,17-21,43H,13-16,22H2,1-5H3,(H,36,38). The maximum absolute atomic E-state index is 13.7. The lowest BCUT2D eigenvalue weighted by Crippen LogP contribution is -2.44. The molecule has 232 valence electrons. The Kier molecular flexibility index (Phi) is 8.03. The van der Waals surface area contributed by atoms with Crippen LogP contribution in [-0.4, -0.2) is 62.6 Å². The fourth-order valence-electron chi connectivity index (χ4n) is 5.80. The summed E-state index contributed by atoms with van der Waals surface area (Å²) in [5, 5.41) is 19.6. The summed E-state index contributed by atoms with van der Waals surface area (Å²) in [6, 6.07) is 16.9. The molecule has 0 amide bonds. The maximum Gasteiger partial charge on any atom is 0.279 e. The highest BCUT2D eigenvalue weighted by atomic mass is 16.3. The van der Waals surface area contributed by atoms with E-state index in [4.69, 9.17) is 0 Å². The van der Waals surface area contributed by atoms with E-state index in [-0.39, 0.29) is 23.1 Å². The third kappa shape index (κ3) is 5.99. The third-order valence-electron chi connectivity index (χ3n) is 8.56. The van der Waals surface area contributed by atoms with Gasteiger partial charge in [-0.15, -0.1) is 0 Å². The van der Waals surface area contributed by atoms with Gasteiger partial charge >= 0.3 is 0 Å². The van der Waals surface area contributed by atoms with Crippen molar-refractivity contribution in [2.45, 2.75) is 32.8 Å². The minimum absolute atomic E-state index is 0.0605. The molecular formula is C35H39N7O3. The van der Waals surface area contributed by atoms with Crippen molar-refractivity contribution < 1.29 is 5.11 Å². The lowest BCUT2D eigenvalue weighted by atomic mass is 9.86. The zero-order valence-corrected chi connectivity index (χ0v) is 26.4. The van der Waals surface area contributed by atoms with Crippen LogP contribution in [0.25, 0.3) is 27.6 Å². The highest BCUT2D eigenvalue weighted by Gasteiger charge is 2.19. The molecule has 0 spiro atoms. The lowest BCUT2D eigenvalue weighted by molar-refractivity contribution is 0.282. The van der Waals surface area contributed by atoms with E-state index in [0.29, 0.717) is 39.3 Å². The number of benzene rings is 2. The number of fused-ring (bicyclic) bond motifs is 1. The quantitative estimate of drug-likeness (QED) is 0.293. The summed E-state index contributed by atoms with van der Waals surface area (Å²) in [5.74, 6) is 0.555. The Morgan fingerprint density at radius 1 is 0.911 bits per heavy atom. The number of aryl methyl sites for hydroxylation is 1. The molecule has 0 unspecified atom stereocenters. The highest BCUT2D eigenvalue weighted by molar-refractivity contribution is 5.82. The van der Waals surface area contributed by atoms with E-state index < -0.39 is 0 Å². The Hall–Kier alpha value is -4.80. The summed E-state index contributed by atoms with van der Waals surface area (Å²) in [5.41, 5.74) is 4.35. The van der Waals surface area contributed by atoms with Crippen LogP contribution < -0.4 is 21.3 Å². The first-order valence-corrected chi connectivity index (χ1v) is 15.2. The number of nitrogens with zero attached hydrogens (tertiary/aromatic N) is 6. The van der Waals surface area contributed by atoms with Gasteiger partial charge in [0.15, 0.2) is 0 Å². The fourth-order valence-corrected chi connectivity index (χ4v) is 5.80. The van der Waals surface area contributed by atoms with Gasteiger partial charge in [0, 0.05) is 55.9 Å². The summed E-state index contributed by atoms with van der Waals surface area (Å²) < 4.78 is 2.83. The number of hydrogen-bond donors (Lipinski definition) is 2. The molecule has 0 atom stereocenters. The van der Waals surface area contributed by atoms with Gasteiger partial charge < -0.3 is 24.8 Å². The van der Waals surface area contributed by atoms with Crippen LogP contribution in [0, 0.1) is 0 Å². The maximum atomic E-state index is 13.7. The van der Waals surface area contributed by atoms with Gasteiger partial charge in [-0.3, -0.25) is 9.59 Å². The van der Waals surface area contributed by atoms with E-state index in [1.54, 1.807) is 31.6 Å². The number of aliphatic hydroxyl groups excluding tert-OH is 1. The number of aromatic nitrogens is 4. The minimum atomic E-state index is -0.332. The smallest absolute Gasteiger partial charge is 0.279 e. The second-order valence-corrected chi connectivity index (χ2v) is 12.8. The number of pyridine rings is 2. The average molecular weight is 606 g/mol. The van der Waals surface area contributed by atoms with Crippen molar-refractivity contribution in [1.82, 2.24) is 24.2 Å². The normalized spacial score (nSPS) is 14.2. The number of likely N-dealkylation sites (N-methyl/N-ethyl adjacent to an activating group) is 1. The van der Waals surface area contributed by atoms with Crippen molar-refractivity contribution in [1.29, 1.82) is 0 Å². The van der Waals surface area contributed by atoms with Gasteiger partial charge in [-0.25, -0.2) is 4.98 Å². The van der Waals surface area contributed by atoms with Crippen molar-refractivity contribution in [2.75, 3.05) is 43.4 Å². The van der Waals surface area contributed by atoms with E-state index in [0.717, 1.165) is 42.8 Å². The molecule has 2 aromatic carbocycles. The zero-order valence-electron chi connectivity index (χ0n) is 26.4. The number of anilines is 3. The number of rotatable bonds is 6. The van der Waals surface area contributed by atoms with Crippen LogP contribution in [0.2, 0.25) is 0 Å². The molecule has 10 heteroatoms. The average Bonchev–Trinajstić information content (AvgIpc) is 3.03. The van der Waals surface area contributed by atoms with Crippen LogP contribution in [-0.2, 0) is 19.1 Å². The monoisotopic (exact) mass is 605 g/mol. The second kappa shape index (κ2) is 11.9. The third-order valence-corrected chi connectivity index (χ3v) is 8.56. The molecule has 2 N–H and O–H groups in total. The van der Waals surface area contributed by atoms with Crippen LogP contribution in [0.1, 0.15) is 31.9 Å². The predicted molar refractivity (Wildman–Crippen MR) is 180 cm³/mol. The van der Waals surface area contributed by atoms with Gasteiger partial charge in [-0.2, -0.15) is 9.78 Å². The van der Waals surface area contributed by atoms with Crippen molar-refractivity contribution in [3.05, 3.63) is 105 Å². The molecule has 6 rings (SSSR count). The van der Waals surface area contributed by atoms with E-state index in [1.165, 1.54) is 9.25 Å². The number of nitrogens with one attached hydrogen (secondary N) is 1. The van der Waals surface area contributed by atoms with Gasteiger partial charge in [0.2, 0.25) is 0 Å². The molecule has 1 aliphatic rings. The van der Waals surface area contributed by atoms with Gasteiger partial charge in [0.25, 0.3) is 11.1 Å². The number of hydrogen-bond acceptors (Lipinski definition) is 8. The molecule has 4 heterocycles. The molecule has 45 heavy (non-hydrogen) atoms. The zero-order chi connectivity index (χ0) is 31.9. The van der Waals surface area contributed by atoms with Crippen LogP contribution in [0.15, 0.2) is 82.8 Å². The minimum Gasteiger partial charge on any atom is -0.392 e. The fraction of sp³-hybridized carbons (Fsp3) is 0.314. The largest absolute Gasteiger partial charge is 0.392 e. The Labute approximate surface area is 262 Å². The number of aliphatic hydroxyl groups is 1. The first-order chi connectivity index (χ1) is 21.5. The van der Waals surface area contributed by atoms with Crippen molar-refractivity contribution in [2.24, 2.45) is 7.05 Å². The van der Waals surface area contributed by atoms with Gasteiger partial charge in [0.05, 0.1) is 35.8 Å². The lowest BCUT2D eigenvalue weighted by Gasteiger charge is -2.33. The number of piperazine rings is 1. The molecule has 10 nitrogen and oxygen atoms in total. The van der Waals surface area contributed by atoms with Crippen LogP contribution in [0.5, 0.6) is 0 Å². The van der Waals surface area contributed by atoms with E-state index in [2.05, 4.69) is 53.0 Å². The van der Waals surface area contributed by atoms with E-state index >= 15 is 0 Å². The first kappa shape index (κ1) is 30.2. The molecule has 1 fully saturated rings. The van der Waals surface area contributed by atoms with Crippen LogP contribution in [0.3, 0.4) is 0 Å². The molecule has 0 radical (unpaired) electrons. The van der Waals surface area contributed by atoms with Crippen LogP contribution in [0.4, 0.5) is 17.2 Å². The van der Waals surface area contributed by atoms with Crippen molar-refractivity contribution >= 4 is 28.0 Å². The van der Waals surface area contributed by atoms with Crippen molar-refractivity contribution in [3.63, 3.8) is 0 Å². The Morgan fingerprint density at radius 2 is 1.69 bits per heavy atom. The summed E-state index contributed by atoms with van der Waals surface area (Å²) in [6.07, 6.45) is 5.24. The summed E-state index contributed by atoms with van der Waals surface area (Å²) in [4.78, 5) is 36.0. The summed E-state index contributed by atoms with van der Waals surface area (Å²) in [7, 11) is 3.81. The molecule has 0 aliphatic carbocycles. The molecule has 1 aliphatic heterocycles. The van der Waals surface area contributed by atoms with Gasteiger partial charge in [-0.05, 0) is 60.0 Å². The molecule has 0 bridgehead atoms. The molecule has 1 saturated heterocycles. The molecule has 3 aromatic heterocycles. The van der Waals surface area contributed by atoms with Crippen LogP contribution >= 0.6 is 0 Å². The topological polar surface area (TPSA) is 109 Å². The SMILES string of the molecule is CN1CCN(c2ccc(Nc3cc(-c4cccc(-n5ncc6cc(C(C)(C)C)ccc6c5=O)c4CO)cn(C)c3=O)nc2)CC1. The molecule has 0 saturated carbocycles. The first-order valence-electron chi connectivity index (χ1n) is 15.2. The Morgan fingerprint density at radius 3 is 2.38 bits per heavy atom. The molecule has 5 aromatic rings. The predicted octanol–water partition coefficient (Wildman–Crippen LogP) is 4.43.